The molecule has 0 spiro atoms. The predicted molar refractivity (Wildman–Crippen MR) is 111 cm³/mol. The van der Waals surface area contributed by atoms with E-state index in [0.29, 0.717) is 18.4 Å². The smallest absolute Gasteiger partial charge is 0.229 e. The largest absolute Gasteiger partial charge is 0.352 e. The van der Waals surface area contributed by atoms with Gasteiger partial charge in [0.25, 0.3) is 0 Å². The van der Waals surface area contributed by atoms with E-state index in [1.54, 1.807) is 0 Å². The number of aromatic nitrogens is 3. The maximum Gasteiger partial charge on any atom is 0.229 e. The first-order valence-corrected chi connectivity index (χ1v) is 10.4. The molecule has 8 nitrogen and oxygen atoms in total. The van der Waals surface area contributed by atoms with Gasteiger partial charge in [0.15, 0.2) is 0 Å². The number of hydrogen-bond donors (Lipinski definition) is 2. The molecule has 2 N–H and O–H groups in total. The summed E-state index contributed by atoms with van der Waals surface area (Å²) in [6, 6.07) is 4.93. The van der Waals surface area contributed by atoms with Crippen molar-refractivity contribution in [1.82, 2.24) is 24.6 Å². The van der Waals surface area contributed by atoms with Crippen LogP contribution < -0.4 is 15.5 Å². The Kier molecular flexibility index (Phi) is 5.19. The Morgan fingerprint density at radius 3 is 2.82 bits per heavy atom. The van der Waals surface area contributed by atoms with Crippen LogP contribution >= 0.6 is 11.5 Å². The van der Waals surface area contributed by atoms with Gasteiger partial charge in [-0.1, -0.05) is 0 Å². The van der Waals surface area contributed by atoms with Crippen LogP contribution in [0.4, 0.5) is 16.8 Å². The molecule has 0 saturated carbocycles. The number of anilines is 3. The molecule has 0 bridgehead atoms. The molecule has 2 aromatic heterocycles. The lowest BCUT2D eigenvalue weighted by atomic mass is 9.85. The van der Waals surface area contributed by atoms with Gasteiger partial charge in [-0.15, -0.1) is 0 Å². The highest BCUT2D eigenvalue weighted by atomic mass is 32.1. The lowest BCUT2D eigenvalue weighted by Crippen LogP contribution is -2.71. The van der Waals surface area contributed by atoms with E-state index < -0.39 is 0 Å². The summed E-state index contributed by atoms with van der Waals surface area (Å²) in [6.45, 7) is 7.66. The number of nitrogens with one attached hydrogen (secondary N) is 2. The Labute approximate surface area is 169 Å². The van der Waals surface area contributed by atoms with Crippen LogP contribution in [0.25, 0.3) is 0 Å². The standard InChI is InChI=1S/C19H26N8S/c1-13-9-21-18(23-16-8-14(2)25-28-16)24-17(13)27-11-19(12-27,5-6-20)22-10-15-4-7-26(15)3/h8-9,15,22H,4-5,7,10-12H2,1-3H3,(H,21,23,24)/t15-/m1/s1. The predicted octanol–water partition coefficient (Wildman–Crippen LogP) is 2.06. The van der Waals surface area contributed by atoms with E-state index in [2.05, 4.69) is 42.9 Å². The van der Waals surface area contributed by atoms with E-state index >= 15 is 0 Å². The molecule has 4 rings (SSSR count). The van der Waals surface area contributed by atoms with Gasteiger partial charge in [-0.25, -0.2) is 4.98 Å². The van der Waals surface area contributed by atoms with Gasteiger partial charge in [0, 0.05) is 37.4 Å². The molecule has 2 aliphatic heterocycles. The molecule has 0 unspecified atom stereocenters. The zero-order valence-electron chi connectivity index (χ0n) is 16.6. The van der Waals surface area contributed by atoms with Crippen LogP contribution in [-0.2, 0) is 0 Å². The number of aryl methyl sites for hydroxylation is 2. The van der Waals surface area contributed by atoms with Crippen molar-refractivity contribution in [2.75, 3.05) is 43.4 Å². The minimum atomic E-state index is -0.148. The van der Waals surface area contributed by atoms with Crippen molar-refractivity contribution < 1.29 is 0 Å². The van der Waals surface area contributed by atoms with Gasteiger partial charge in [0.2, 0.25) is 5.95 Å². The normalized spacial score (nSPS) is 20.9. The molecule has 9 heteroatoms. The average molecular weight is 399 g/mol. The fourth-order valence-electron chi connectivity index (χ4n) is 3.78. The minimum Gasteiger partial charge on any atom is -0.352 e. The quantitative estimate of drug-likeness (QED) is 0.732. The maximum absolute atomic E-state index is 9.32. The molecule has 0 radical (unpaired) electrons. The lowest BCUT2D eigenvalue weighted by molar-refractivity contribution is 0.108. The molecule has 0 aliphatic carbocycles. The summed E-state index contributed by atoms with van der Waals surface area (Å²) in [4.78, 5) is 13.7. The molecule has 2 saturated heterocycles. The highest BCUT2D eigenvalue weighted by molar-refractivity contribution is 7.10. The van der Waals surface area contributed by atoms with Crippen molar-refractivity contribution in [1.29, 1.82) is 5.26 Å². The van der Waals surface area contributed by atoms with E-state index in [1.807, 2.05) is 26.1 Å². The van der Waals surface area contributed by atoms with Crippen molar-refractivity contribution in [2.45, 2.75) is 38.3 Å². The zero-order valence-corrected chi connectivity index (χ0v) is 17.4. The summed E-state index contributed by atoms with van der Waals surface area (Å²) in [5.74, 6) is 1.50. The van der Waals surface area contributed by atoms with Crippen LogP contribution in [0.2, 0.25) is 0 Å². The first kappa shape index (κ1) is 19.1. The van der Waals surface area contributed by atoms with Gasteiger partial charge in [0.05, 0.1) is 23.7 Å². The van der Waals surface area contributed by atoms with E-state index in [-0.39, 0.29) is 5.54 Å². The molecule has 0 aromatic carbocycles. The zero-order chi connectivity index (χ0) is 19.7. The second kappa shape index (κ2) is 7.62. The Bertz CT molecular complexity index is 882. The topological polar surface area (TPSA) is 93.0 Å². The fraction of sp³-hybridized carbons (Fsp3) is 0.579. The molecule has 4 heterocycles. The van der Waals surface area contributed by atoms with Gasteiger partial charge >= 0.3 is 0 Å². The number of nitrogens with zero attached hydrogens (tertiary/aromatic N) is 6. The van der Waals surface area contributed by atoms with Crippen LogP contribution in [-0.4, -0.2) is 64.0 Å². The number of rotatable bonds is 7. The summed E-state index contributed by atoms with van der Waals surface area (Å²) in [6.07, 6.45) is 3.59. The third-order valence-corrected chi connectivity index (χ3v) is 6.46. The average Bonchev–Trinajstić information content (AvgIpc) is 3.04. The SMILES string of the molecule is Cc1cc(Nc2ncc(C)c(N3CC(CC#N)(NC[C@H]4CCN4C)C3)n2)sn1. The van der Waals surface area contributed by atoms with Crippen molar-refractivity contribution >= 4 is 28.3 Å². The Hall–Kier alpha value is -2.28. The van der Waals surface area contributed by atoms with Crippen LogP contribution in [0.15, 0.2) is 12.3 Å². The second-order valence-electron chi connectivity index (χ2n) is 7.93. The maximum atomic E-state index is 9.32. The van der Waals surface area contributed by atoms with Gasteiger partial charge < -0.3 is 20.4 Å². The lowest BCUT2D eigenvalue weighted by Gasteiger charge is -2.52. The van der Waals surface area contributed by atoms with Gasteiger partial charge in [-0.05, 0) is 51.5 Å². The monoisotopic (exact) mass is 398 g/mol. The third-order valence-electron chi connectivity index (χ3n) is 5.66. The van der Waals surface area contributed by atoms with Crippen molar-refractivity contribution in [3.8, 4) is 6.07 Å². The summed E-state index contributed by atoms with van der Waals surface area (Å²) >= 11 is 1.40. The Balaban J connectivity index is 1.42. The molecule has 1 atom stereocenters. The van der Waals surface area contributed by atoms with Crippen LogP contribution in [0.3, 0.4) is 0 Å². The van der Waals surface area contributed by atoms with Crippen molar-refractivity contribution in [3.05, 3.63) is 23.5 Å². The molecular weight excluding hydrogens is 372 g/mol. The molecule has 148 valence electrons. The number of hydrogen-bond acceptors (Lipinski definition) is 9. The van der Waals surface area contributed by atoms with Crippen molar-refractivity contribution in [3.63, 3.8) is 0 Å². The van der Waals surface area contributed by atoms with Gasteiger partial charge in [-0.3, -0.25) is 0 Å². The molecule has 2 fully saturated rings. The summed E-state index contributed by atoms with van der Waals surface area (Å²) in [5, 5.41) is 17.2. The first-order chi connectivity index (χ1) is 13.5. The Morgan fingerprint density at radius 1 is 1.39 bits per heavy atom. The third kappa shape index (κ3) is 3.81. The molecule has 2 aliphatic rings. The number of nitriles is 1. The van der Waals surface area contributed by atoms with E-state index in [1.165, 1.54) is 24.5 Å². The van der Waals surface area contributed by atoms with Gasteiger partial charge in [-0.2, -0.15) is 14.6 Å². The highest BCUT2D eigenvalue weighted by Crippen LogP contribution is 2.32. The van der Waals surface area contributed by atoms with E-state index in [0.717, 1.165) is 41.7 Å². The van der Waals surface area contributed by atoms with E-state index in [9.17, 15) is 5.26 Å². The van der Waals surface area contributed by atoms with E-state index in [4.69, 9.17) is 4.98 Å². The molecule has 28 heavy (non-hydrogen) atoms. The summed E-state index contributed by atoms with van der Waals surface area (Å²) in [7, 11) is 2.16. The summed E-state index contributed by atoms with van der Waals surface area (Å²) in [5.41, 5.74) is 1.87. The molecule has 0 amide bonds. The Morgan fingerprint density at radius 2 is 2.21 bits per heavy atom. The molecule has 2 aromatic rings. The van der Waals surface area contributed by atoms with Crippen LogP contribution in [0, 0.1) is 25.2 Å². The van der Waals surface area contributed by atoms with Crippen LogP contribution in [0.5, 0.6) is 0 Å². The second-order valence-corrected chi connectivity index (χ2v) is 8.74. The van der Waals surface area contributed by atoms with Crippen molar-refractivity contribution in [2.24, 2.45) is 0 Å². The van der Waals surface area contributed by atoms with Crippen LogP contribution in [0.1, 0.15) is 24.1 Å². The van der Waals surface area contributed by atoms with Gasteiger partial charge in [0.1, 0.15) is 10.8 Å². The number of likely N-dealkylation sites (N-methyl/N-ethyl adjacent to an activating group) is 1. The highest BCUT2D eigenvalue weighted by Gasteiger charge is 2.44. The molecular formula is C19H26N8S. The first-order valence-electron chi connectivity index (χ1n) is 9.59. The number of likely N-dealkylation sites (tertiary alicyclic amines) is 1. The minimum absolute atomic E-state index is 0.148. The fourth-order valence-corrected chi connectivity index (χ4v) is 4.44. The summed E-state index contributed by atoms with van der Waals surface area (Å²) < 4.78 is 4.28.